The highest BCUT2D eigenvalue weighted by Gasteiger charge is 2.36. The minimum Gasteiger partial charge on any atom is -0.323 e. The van der Waals surface area contributed by atoms with Crippen LogP contribution in [-0.2, 0) is 19.4 Å². The molecule has 1 atom stereocenters. The zero-order chi connectivity index (χ0) is 19.8. The quantitative estimate of drug-likeness (QED) is 0.807. The van der Waals surface area contributed by atoms with Gasteiger partial charge in [0.2, 0.25) is 11.8 Å². The molecule has 2 amide bonds. The van der Waals surface area contributed by atoms with Crippen LogP contribution in [0.4, 0.5) is 20.2 Å². The lowest BCUT2D eigenvalue weighted by atomic mass is 10.1. The van der Waals surface area contributed by atoms with Gasteiger partial charge in [-0.2, -0.15) is 0 Å². The van der Waals surface area contributed by atoms with Gasteiger partial charge in [0.05, 0.1) is 22.2 Å². The van der Waals surface area contributed by atoms with Crippen molar-refractivity contribution in [1.29, 1.82) is 0 Å². The molecule has 1 heterocycles. The largest absolute Gasteiger partial charge is 0.323 e. The molecule has 3 rings (SSSR count). The first-order valence-corrected chi connectivity index (χ1v) is 9.91. The first-order valence-electron chi connectivity index (χ1n) is 8.02. The standard InChI is InChI=1S/C18H16F2N2O4S/c1-27(25,26)12-6-7-13(19)15(9-12)21-18(24)11-8-17(23)22(10-11)16-5-3-2-4-14(16)20/h2-7,9,11H,8,10H2,1H3,(H,21,24). The summed E-state index contributed by atoms with van der Waals surface area (Å²) in [6, 6.07) is 8.77. The molecule has 0 spiro atoms. The van der Waals surface area contributed by atoms with E-state index in [0.29, 0.717) is 0 Å². The van der Waals surface area contributed by atoms with E-state index in [1.165, 1.54) is 23.1 Å². The molecule has 1 aliphatic rings. The van der Waals surface area contributed by atoms with Crippen LogP contribution < -0.4 is 10.2 Å². The molecule has 0 saturated carbocycles. The third-order valence-electron chi connectivity index (χ3n) is 4.26. The lowest BCUT2D eigenvalue weighted by molar-refractivity contribution is -0.122. The Hall–Kier alpha value is -2.81. The monoisotopic (exact) mass is 394 g/mol. The molecule has 1 N–H and O–H groups in total. The SMILES string of the molecule is CS(=O)(=O)c1ccc(F)c(NC(=O)C2CC(=O)N(c3ccccc3F)C2)c1. The number of hydrogen-bond donors (Lipinski definition) is 1. The summed E-state index contributed by atoms with van der Waals surface area (Å²) in [6.07, 6.45) is 0.807. The maximum absolute atomic E-state index is 13.9. The lowest BCUT2D eigenvalue weighted by Crippen LogP contribution is -2.29. The summed E-state index contributed by atoms with van der Waals surface area (Å²) in [5.41, 5.74) is -0.220. The molecule has 6 nitrogen and oxygen atoms in total. The molecule has 1 unspecified atom stereocenters. The molecule has 27 heavy (non-hydrogen) atoms. The number of rotatable bonds is 4. The Morgan fingerprint density at radius 2 is 1.85 bits per heavy atom. The van der Waals surface area contributed by atoms with Crippen LogP contribution in [0.3, 0.4) is 0 Å². The summed E-state index contributed by atoms with van der Waals surface area (Å²) >= 11 is 0. The number of anilines is 2. The third kappa shape index (κ3) is 3.97. The van der Waals surface area contributed by atoms with Gasteiger partial charge in [-0.15, -0.1) is 0 Å². The van der Waals surface area contributed by atoms with E-state index in [9.17, 15) is 26.8 Å². The van der Waals surface area contributed by atoms with Gasteiger partial charge in [-0.05, 0) is 30.3 Å². The van der Waals surface area contributed by atoms with Gasteiger partial charge in [-0.1, -0.05) is 12.1 Å². The van der Waals surface area contributed by atoms with Gasteiger partial charge in [-0.25, -0.2) is 17.2 Å². The number of benzene rings is 2. The summed E-state index contributed by atoms with van der Waals surface area (Å²) in [7, 11) is -3.58. The molecular formula is C18H16F2N2O4S. The number of nitrogens with one attached hydrogen (secondary N) is 1. The van der Waals surface area contributed by atoms with Gasteiger partial charge in [0.15, 0.2) is 9.84 Å². The maximum Gasteiger partial charge on any atom is 0.229 e. The molecular weight excluding hydrogens is 378 g/mol. The van der Waals surface area contributed by atoms with E-state index in [1.807, 2.05) is 0 Å². The minimum atomic E-state index is -3.58. The van der Waals surface area contributed by atoms with Gasteiger partial charge in [0, 0.05) is 19.2 Å². The van der Waals surface area contributed by atoms with Crippen LogP contribution in [0.2, 0.25) is 0 Å². The molecule has 2 aromatic rings. The molecule has 1 aliphatic heterocycles. The number of hydrogen-bond acceptors (Lipinski definition) is 4. The number of nitrogens with zero attached hydrogens (tertiary/aromatic N) is 1. The Labute approximate surface area is 154 Å². The predicted molar refractivity (Wildman–Crippen MR) is 95.0 cm³/mol. The fraction of sp³-hybridized carbons (Fsp3) is 0.222. The Morgan fingerprint density at radius 1 is 1.15 bits per heavy atom. The number of carbonyl (C=O) groups is 2. The summed E-state index contributed by atoms with van der Waals surface area (Å²) in [5.74, 6) is -3.28. The Kier molecular flexibility index (Phi) is 4.97. The predicted octanol–water partition coefficient (Wildman–Crippen LogP) is 2.36. The first kappa shape index (κ1) is 19.0. The van der Waals surface area contributed by atoms with E-state index < -0.39 is 39.2 Å². The summed E-state index contributed by atoms with van der Waals surface area (Å²) in [4.78, 5) is 25.6. The number of amides is 2. The van der Waals surface area contributed by atoms with Gasteiger partial charge in [-0.3, -0.25) is 9.59 Å². The molecule has 0 radical (unpaired) electrons. The van der Waals surface area contributed by atoms with Crippen molar-refractivity contribution in [1.82, 2.24) is 0 Å². The zero-order valence-corrected chi connectivity index (χ0v) is 15.1. The smallest absolute Gasteiger partial charge is 0.229 e. The van der Waals surface area contributed by atoms with Crippen LogP contribution in [0, 0.1) is 17.6 Å². The summed E-state index contributed by atoms with van der Waals surface area (Å²) in [6.45, 7) is -0.0566. The average molecular weight is 394 g/mol. The highest BCUT2D eigenvalue weighted by Crippen LogP contribution is 2.28. The molecule has 0 aromatic heterocycles. The number of carbonyl (C=O) groups excluding carboxylic acids is 2. The Bertz CT molecular complexity index is 1020. The summed E-state index contributed by atoms with van der Waals surface area (Å²) in [5, 5.41) is 2.32. The van der Waals surface area contributed by atoms with Gasteiger partial charge < -0.3 is 10.2 Å². The molecule has 1 fully saturated rings. The normalized spacial score (nSPS) is 17.2. The van der Waals surface area contributed by atoms with Crippen LogP contribution in [0.15, 0.2) is 47.4 Å². The second-order valence-corrected chi connectivity index (χ2v) is 8.28. The van der Waals surface area contributed by atoms with Crippen LogP contribution in [0.25, 0.3) is 0 Å². The highest BCUT2D eigenvalue weighted by molar-refractivity contribution is 7.90. The summed E-state index contributed by atoms with van der Waals surface area (Å²) < 4.78 is 51.0. The number of sulfone groups is 1. The number of halogens is 2. The third-order valence-corrected chi connectivity index (χ3v) is 5.37. The van der Waals surface area contributed by atoms with E-state index >= 15 is 0 Å². The van der Waals surface area contributed by atoms with Crippen LogP contribution in [-0.4, -0.2) is 33.0 Å². The van der Waals surface area contributed by atoms with Gasteiger partial charge in [0.25, 0.3) is 0 Å². The molecule has 2 aromatic carbocycles. The average Bonchev–Trinajstić information content (AvgIpc) is 2.98. The van der Waals surface area contributed by atoms with Crippen molar-refractivity contribution in [2.45, 2.75) is 11.3 Å². The van der Waals surface area contributed by atoms with Crippen molar-refractivity contribution >= 4 is 33.0 Å². The van der Waals surface area contributed by atoms with E-state index in [2.05, 4.69) is 5.32 Å². The van der Waals surface area contributed by atoms with Crippen molar-refractivity contribution in [3.05, 3.63) is 54.1 Å². The zero-order valence-electron chi connectivity index (χ0n) is 14.3. The van der Waals surface area contributed by atoms with Crippen molar-refractivity contribution in [2.24, 2.45) is 5.92 Å². The topological polar surface area (TPSA) is 83.5 Å². The van der Waals surface area contributed by atoms with Crippen molar-refractivity contribution < 1.29 is 26.8 Å². The van der Waals surface area contributed by atoms with Crippen LogP contribution in [0.1, 0.15) is 6.42 Å². The molecule has 0 aliphatic carbocycles. The van der Waals surface area contributed by atoms with E-state index in [1.54, 1.807) is 6.07 Å². The molecule has 9 heteroatoms. The highest BCUT2D eigenvalue weighted by atomic mass is 32.2. The van der Waals surface area contributed by atoms with Crippen molar-refractivity contribution in [2.75, 3.05) is 23.0 Å². The molecule has 1 saturated heterocycles. The molecule has 0 bridgehead atoms. The van der Waals surface area contributed by atoms with E-state index in [0.717, 1.165) is 24.5 Å². The van der Waals surface area contributed by atoms with Crippen LogP contribution >= 0.6 is 0 Å². The maximum atomic E-state index is 13.9. The minimum absolute atomic E-state index is 0.0566. The van der Waals surface area contributed by atoms with Crippen molar-refractivity contribution in [3.63, 3.8) is 0 Å². The lowest BCUT2D eigenvalue weighted by Gasteiger charge is -2.17. The fourth-order valence-electron chi connectivity index (χ4n) is 2.85. The molecule has 142 valence electrons. The van der Waals surface area contributed by atoms with Crippen LogP contribution in [0.5, 0.6) is 0 Å². The fourth-order valence-corrected chi connectivity index (χ4v) is 3.50. The van der Waals surface area contributed by atoms with E-state index in [-0.39, 0.29) is 29.2 Å². The second-order valence-electron chi connectivity index (χ2n) is 6.26. The Balaban J connectivity index is 1.78. The van der Waals surface area contributed by atoms with Gasteiger partial charge >= 0.3 is 0 Å². The number of para-hydroxylation sites is 1. The van der Waals surface area contributed by atoms with Crippen molar-refractivity contribution in [3.8, 4) is 0 Å². The first-order chi connectivity index (χ1) is 12.7. The second kappa shape index (κ2) is 7.07. The van der Waals surface area contributed by atoms with E-state index in [4.69, 9.17) is 0 Å². The van der Waals surface area contributed by atoms with Gasteiger partial charge in [0.1, 0.15) is 11.6 Å². The Morgan fingerprint density at radius 3 is 2.52 bits per heavy atom.